The van der Waals surface area contributed by atoms with Gasteiger partial charge in [0, 0.05) is 16.7 Å². The van der Waals surface area contributed by atoms with E-state index in [0.717, 1.165) is 11.1 Å². The van der Waals surface area contributed by atoms with Gasteiger partial charge < -0.3 is 9.47 Å². The molecule has 0 N–H and O–H groups in total. The summed E-state index contributed by atoms with van der Waals surface area (Å²) in [5.74, 6) is 0.316. The normalized spacial score (nSPS) is 11.1. The fourth-order valence-electron chi connectivity index (χ4n) is 1.88. The molecule has 0 atom stereocenters. The highest BCUT2D eigenvalue weighted by Crippen LogP contribution is 2.19. The molecule has 0 amide bonds. The van der Waals surface area contributed by atoms with E-state index >= 15 is 0 Å². The van der Waals surface area contributed by atoms with Crippen molar-refractivity contribution < 1.29 is 14.3 Å². The highest BCUT2D eigenvalue weighted by atomic mass is 35.5. The first-order valence-electron chi connectivity index (χ1n) is 7.00. The van der Waals surface area contributed by atoms with Gasteiger partial charge in [-0.25, -0.2) is 4.79 Å². The molecule has 2 aromatic rings. The maximum Gasteiger partial charge on any atom is 0.331 e. The molecule has 0 aromatic heterocycles. The summed E-state index contributed by atoms with van der Waals surface area (Å²) in [5, 5.41) is 0.651. The van der Waals surface area contributed by atoms with Gasteiger partial charge >= 0.3 is 5.97 Å². The number of ether oxygens (including phenoxy) is 2. The second-order valence-electron chi connectivity index (χ2n) is 4.53. The monoisotopic (exact) mass is 316 g/mol. The van der Waals surface area contributed by atoms with Gasteiger partial charge in [-0.1, -0.05) is 41.9 Å². The Morgan fingerprint density at radius 2 is 1.77 bits per heavy atom. The van der Waals surface area contributed by atoms with Crippen LogP contribution < -0.4 is 4.74 Å². The molecule has 0 aliphatic carbocycles. The van der Waals surface area contributed by atoms with Crippen LogP contribution >= 0.6 is 11.6 Å². The van der Waals surface area contributed by atoms with Crippen LogP contribution in [0.15, 0.2) is 60.7 Å². The lowest BCUT2D eigenvalue weighted by molar-refractivity contribution is -0.137. The third-order valence-electron chi connectivity index (χ3n) is 2.93. The summed E-state index contributed by atoms with van der Waals surface area (Å²) in [6.45, 7) is 2.39. The SMILES string of the molecule is CCOC(=O)/C=C(/COc1ccc(Cl)cc1)c1ccccc1. The molecule has 4 heteroatoms. The van der Waals surface area contributed by atoms with Crippen molar-refractivity contribution in [2.24, 2.45) is 0 Å². The van der Waals surface area contributed by atoms with E-state index in [1.54, 1.807) is 31.2 Å². The number of carbonyl (C=O) groups is 1. The molecular formula is C18H17ClO3. The number of halogens is 1. The number of benzene rings is 2. The number of esters is 1. The summed E-state index contributed by atoms with van der Waals surface area (Å²) < 4.78 is 10.7. The van der Waals surface area contributed by atoms with Crippen LogP contribution in [0.4, 0.5) is 0 Å². The van der Waals surface area contributed by atoms with Crippen molar-refractivity contribution in [2.45, 2.75) is 6.92 Å². The summed E-state index contributed by atoms with van der Waals surface area (Å²) in [7, 11) is 0. The third kappa shape index (κ3) is 4.93. The molecule has 22 heavy (non-hydrogen) atoms. The topological polar surface area (TPSA) is 35.5 Å². The maximum absolute atomic E-state index is 11.7. The molecule has 0 spiro atoms. The summed E-state index contributed by atoms with van der Waals surface area (Å²) in [6, 6.07) is 16.7. The first-order valence-corrected chi connectivity index (χ1v) is 7.38. The molecule has 2 rings (SSSR count). The van der Waals surface area contributed by atoms with Gasteiger partial charge in [-0.15, -0.1) is 0 Å². The Morgan fingerprint density at radius 1 is 1.09 bits per heavy atom. The second-order valence-corrected chi connectivity index (χ2v) is 4.97. The molecule has 0 aliphatic heterocycles. The van der Waals surface area contributed by atoms with E-state index in [1.165, 1.54) is 6.08 Å². The Hall–Kier alpha value is -2.26. The minimum absolute atomic E-state index is 0.268. The highest BCUT2D eigenvalue weighted by Gasteiger charge is 2.07. The van der Waals surface area contributed by atoms with E-state index < -0.39 is 0 Å². The zero-order chi connectivity index (χ0) is 15.8. The van der Waals surface area contributed by atoms with Crippen molar-refractivity contribution in [2.75, 3.05) is 13.2 Å². The number of hydrogen-bond acceptors (Lipinski definition) is 3. The Bertz CT molecular complexity index is 633. The van der Waals surface area contributed by atoms with Crippen molar-refractivity contribution >= 4 is 23.1 Å². The minimum Gasteiger partial charge on any atom is -0.489 e. The van der Waals surface area contributed by atoms with E-state index in [9.17, 15) is 4.79 Å². The van der Waals surface area contributed by atoms with Gasteiger partial charge in [0.1, 0.15) is 12.4 Å². The Balaban J connectivity index is 2.14. The largest absolute Gasteiger partial charge is 0.489 e. The molecule has 0 saturated carbocycles. The average Bonchev–Trinajstić information content (AvgIpc) is 2.54. The quantitative estimate of drug-likeness (QED) is 0.586. The number of carbonyl (C=O) groups excluding carboxylic acids is 1. The van der Waals surface area contributed by atoms with Gasteiger partial charge in [0.05, 0.1) is 6.61 Å². The maximum atomic E-state index is 11.7. The van der Waals surface area contributed by atoms with Crippen molar-refractivity contribution in [3.63, 3.8) is 0 Å². The molecule has 0 heterocycles. The van der Waals surface area contributed by atoms with E-state index in [4.69, 9.17) is 21.1 Å². The van der Waals surface area contributed by atoms with Crippen molar-refractivity contribution in [1.29, 1.82) is 0 Å². The van der Waals surface area contributed by atoms with E-state index in [0.29, 0.717) is 17.4 Å². The Kier molecular flexibility index (Phi) is 6.04. The van der Waals surface area contributed by atoms with Crippen molar-refractivity contribution in [3.8, 4) is 5.75 Å². The molecule has 0 aliphatic rings. The van der Waals surface area contributed by atoms with Gasteiger partial charge in [0.2, 0.25) is 0 Å². The van der Waals surface area contributed by atoms with Crippen molar-refractivity contribution in [3.05, 3.63) is 71.3 Å². The van der Waals surface area contributed by atoms with Crippen LogP contribution in [-0.4, -0.2) is 19.2 Å². The van der Waals surface area contributed by atoms with Gasteiger partial charge in [-0.05, 0) is 36.8 Å². The summed E-state index contributed by atoms with van der Waals surface area (Å²) in [6.07, 6.45) is 1.47. The zero-order valence-corrected chi connectivity index (χ0v) is 13.0. The molecule has 3 nitrogen and oxygen atoms in total. The zero-order valence-electron chi connectivity index (χ0n) is 12.3. The first kappa shape index (κ1) is 16.1. The molecule has 0 fully saturated rings. The van der Waals surface area contributed by atoms with Crippen LogP contribution in [0.1, 0.15) is 12.5 Å². The fourth-order valence-corrected chi connectivity index (χ4v) is 2.00. The lowest BCUT2D eigenvalue weighted by atomic mass is 10.1. The first-order chi connectivity index (χ1) is 10.7. The molecule has 2 aromatic carbocycles. The lowest BCUT2D eigenvalue weighted by Crippen LogP contribution is -2.06. The molecule has 0 bridgehead atoms. The van der Waals surface area contributed by atoms with E-state index in [2.05, 4.69) is 0 Å². The fraction of sp³-hybridized carbons (Fsp3) is 0.167. The van der Waals surface area contributed by atoms with E-state index in [-0.39, 0.29) is 12.6 Å². The standard InChI is InChI=1S/C18H17ClO3/c1-2-21-18(20)12-15(14-6-4-3-5-7-14)13-22-17-10-8-16(19)9-11-17/h3-12H,2,13H2,1H3/b15-12-. The van der Waals surface area contributed by atoms with Crippen LogP contribution in [0.2, 0.25) is 5.02 Å². The van der Waals surface area contributed by atoms with Gasteiger partial charge in [-0.3, -0.25) is 0 Å². The highest BCUT2D eigenvalue weighted by molar-refractivity contribution is 6.30. The predicted molar refractivity (Wildman–Crippen MR) is 88.0 cm³/mol. The Labute approximate surface area is 135 Å². The minimum atomic E-state index is -0.374. The number of rotatable bonds is 6. The van der Waals surface area contributed by atoms with Crippen LogP contribution in [0.3, 0.4) is 0 Å². The smallest absolute Gasteiger partial charge is 0.331 e. The molecule has 0 radical (unpaired) electrons. The summed E-state index contributed by atoms with van der Waals surface area (Å²) in [4.78, 5) is 11.7. The molecule has 114 valence electrons. The summed E-state index contributed by atoms with van der Waals surface area (Å²) >= 11 is 5.85. The van der Waals surface area contributed by atoms with Crippen LogP contribution in [0.5, 0.6) is 5.75 Å². The summed E-state index contributed by atoms with van der Waals surface area (Å²) in [5.41, 5.74) is 1.68. The van der Waals surface area contributed by atoms with Crippen LogP contribution in [0, 0.1) is 0 Å². The van der Waals surface area contributed by atoms with Crippen LogP contribution in [0.25, 0.3) is 5.57 Å². The molecule has 0 unspecified atom stereocenters. The van der Waals surface area contributed by atoms with Gasteiger partial charge in [0.15, 0.2) is 0 Å². The lowest BCUT2D eigenvalue weighted by Gasteiger charge is -2.10. The molecular weight excluding hydrogens is 300 g/mol. The second kappa shape index (κ2) is 8.25. The third-order valence-corrected chi connectivity index (χ3v) is 3.18. The predicted octanol–water partition coefficient (Wildman–Crippen LogP) is 4.37. The van der Waals surface area contributed by atoms with E-state index in [1.807, 2.05) is 30.3 Å². The van der Waals surface area contributed by atoms with Crippen LogP contribution in [-0.2, 0) is 9.53 Å². The van der Waals surface area contributed by atoms with Crippen molar-refractivity contribution in [1.82, 2.24) is 0 Å². The Morgan fingerprint density at radius 3 is 2.41 bits per heavy atom. The average molecular weight is 317 g/mol. The number of hydrogen-bond donors (Lipinski definition) is 0. The van der Waals surface area contributed by atoms with Gasteiger partial charge in [-0.2, -0.15) is 0 Å². The molecule has 0 saturated heterocycles. The van der Waals surface area contributed by atoms with Gasteiger partial charge in [0.25, 0.3) is 0 Å².